The molecule has 0 spiro atoms. The minimum absolute atomic E-state index is 0.0379. The molecule has 0 aliphatic carbocycles. The normalized spacial score (nSPS) is 15.8. The summed E-state index contributed by atoms with van der Waals surface area (Å²) in [5, 5.41) is 15.8. The standard InChI is InChI=1S/C24H28N6O3/c1-33-20-9-7-18(8-10-20)21-11-12-22(28-27-21)29-15-3-5-19(17-29)24(32)25-13-4-16-30-23(31)6-2-14-26-30/h2,6-12,14,19H,3-5,13,15-17H2,1H3,(H,25,32)/t19-/m0/s1. The van der Waals surface area contributed by atoms with E-state index in [-0.39, 0.29) is 17.4 Å². The molecule has 1 amide bonds. The fraction of sp³-hybridized carbons (Fsp3) is 0.375. The van der Waals surface area contributed by atoms with Gasteiger partial charge >= 0.3 is 0 Å². The Labute approximate surface area is 192 Å². The summed E-state index contributed by atoms with van der Waals surface area (Å²) in [7, 11) is 1.64. The Morgan fingerprint density at radius 1 is 1.15 bits per heavy atom. The molecule has 1 aliphatic heterocycles. The highest BCUT2D eigenvalue weighted by atomic mass is 16.5. The van der Waals surface area contributed by atoms with Gasteiger partial charge in [0.15, 0.2) is 5.82 Å². The van der Waals surface area contributed by atoms with E-state index >= 15 is 0 Å². The third-order valence-electron chi connectivity index (χ3n) is 5.78. The van der Waals surface area contributed by atoms with Crippen LogP contribution < -0.4 is 20.5 Å². The molecule has 0 saturated carbocycles. The Kier molecular flexibility index (Phi) is 7.29. The second-order valence-electron chi connectivity index (χ2n) is 8.02. The van der Waals surface area contributed by atoms with Gasteiger partial charge in [0.2, 0.25) is 5.91 Å². The molecule has 1 aromatic carbocycles. The summed E-state index contributed by atoms with van der Waals surface area (Å²) in [4.78, 5) is 26.5. The number of hydrogen-bond acceptors (Lipinski definition) is 7. The zero-order chi connectivity index (χ0) is 23.0. The van der Waals surface area contributed by atoms with Gasteiger partial charge < -0.3 is 15.0 Å². The van der Waals surface area contributed by atoms with E-state index < -0.39 is 0 Å². The van der Waals surface area contributed by atoms with Crippen molar-refractivity contribution in [3.63, 3.8) is 0 Å². The van der Waals surface area contributed by atoms with Gasteiger partial charge in [0, 0.05) is 44.0 Å². The van der Waals surface area contributed by atoms with Crippen LogP contribution in [0.25, 0.3) is 11.3 Å². The minimum atomic E-state index is -0.133. The third-order valence-corrected chi connectivity index (χ3v) is 5.78. The van der Waals surface area contributed by atoms with E-state index in [0.29, 0.717) is 26.1 Å². The van der Waals surface area contributed by atoms with Crippen molar-refractivity contribution in [1.82, 2.24) is 25.3 Å². The second kappa shape index (κ2) is 10.7. The predicted octanol–water partition coefficient (Wildman–Crippen LogP) is 2.13. The zero-order valence-electron chi connectivity index (χ0n) is 18.7. The molecule has 3 heterocycles. The van der Waals surface area contributed by atoms with Crippen LogP contribution in [0, 0.1) is 5.92 Å². The number of ether oxygens (including phenoxy) is 1. The average molecular weight is 449 g/mol. The van der Waals surface area contributed by atoms with E-state index in [1.54, 1.807) is 19.4 Å². The summed E-state index contributed by atoms with van der Waals surface area (Å²) in [5.74, 6) is 1.51. The molecule has 0 unspecified atom stereocenters. The van der Waals surface area contributed by atoms with Gasteiger partial charge in [-0.25, -0.2) is 4.68 Å². The third kappa shape index (κ3) is 5.74. The zero-order valence-corrected chi connectivity index (χ0v) is 18.7. The molecule has 1 atom stereocenters. The molecule has 9 heteroatoms. The summed E-state index contributed by atoms with van der Waals surface area (Å²) in [6, 6.07) is 14.7. The summed E-state index contributed by atoms with van der Waals surface area (Å²) in [6.07, 6.45) is 4.00. The molecular weight excluding hydrogens is 420 g/mol. The van der Waals surface area contributed by atoms with Crippen molar-refractivity contribution in [2.45, 2.75) is 25.8 Å². The van der Waals surface area contributed by atoms with Crippen molar-refractivity contribution in [2.75, 3.05) is 31.6 Å². The average Bonchev–Trinajstić information content (AvgIpc) is 2.88. The summed E-state index contributed by atoms with van der Waals surface area (Å²) < 4.78 is 6.60. The molecule has 1 aliphatic rings. The van der Waals surface area contributed by atoms with E-state index in [0.717, 1.165) is 42.2 Å². The van der Waals surface area contributed by atoms with Crippen LogP contribution in [0.2, 0.25) is 0 Å². The van der Waals surface area contributed by atoms with Gasteiger partial charge in [-0.15, -0.1) is 10.2 Å². The number of carbonyl (C=O) groups excluding carboxylic acids is 1. The number of anilines is 1. The maximum absolute atomic E-state index is 12.7. The number of amides is 1. The van der Waals surface area contributed by atoms with Crippen molar-refractivity contribution in [3.05, 3.63) is 65.1 Å². The highest BCUT2D eigenvalue weighted by Gasteiger charge is 2.26. The highest BCUT2D eigenvalue weighted by Crippen LogP contribution is 2.24. The van der Waals surface area contributed by atoms with E-state index in [1.165, 1.54) is 10.7 Å². The van der Waals surface area contributed by atoms with E-state index in [4.69, 9.17) is 4.74 Å². The minimum Gasteiger partial charge on any atom is -0.497 e. The number of piperidine rings is 1. The number of carbonyl (C=O) groups is 1. The largest absolute Gasteiger partial charge is 0.497 e. The van der Waals surface area contributed by atoms with Crippen molar-refractivity contribution in [1.29, 1.82) is 0 Å². The molecule has 4 rings (SSSR count). The first-order valence-corrected chi connectivity index (χ1v) is 11.2. The Hall–Kier alpha value is -3.75. The first-order valence-electron chi connectivity index (χ1n) is 11.2. The molecule has 1 fully saturated rings. The lowest BCUT2D eigenvalue weighted by Gasteiger charge is -2.32. The number of rotatable bonds is 8. The van der Waals surface area contributed by atoms with Crippen LogP contribution in [-0.4, -0.2) is 52.6 Å². The topological polar surface area (TPSA) is 102 Å². The van der Waals surface area contributed by atoms with Gasteiger partial charge in [0.05, 0.1) is 18.7 Å². The number of aromatic nitrogens is 4. The molecule has 172 valence electrons. The number of methoxy groups -OCH3 is 1. The van der Waals surface area contributed by atoms with E-state index in [1.807, 2.05) is 36.4 Å². The Bertz CT molecular complexity index is 1110. The van der Waals surface area contributed by atoms with Crippen molar-refractivity contribution in [3.8, 4) is 17.0 Å². The Morgan fingerprint density at radius 2 is 2.00 bits per heavy atom. The number of benzene rings is 1. The first kappa shape index (κ1) is 22.4. The fourth-order valence-corrected chi connectivity index (χ4v) is 3.95. The van der Waals surface area contributed by atoms with Crippen LogP contribution in [-0.2, 0) is 11.3 Å². The summed E-state index contributed by atoms with van der Waals surface area (Å²) in [5.41, 5.74) is 1.63. The highest BCUT2D eigenvalue weighted by molar-refractivity contribution is 5.79. The number of nitrogens with zero attached hydrogens (tertiary/aromatic N) is 5. The number of hydrogen-bond donors (Lipinski definition) is 1. The van der Waals surface area contributed by atoms with Crippen molar-refractivity contribution >= 4 is 11.7 Å². The van der Waals surface area contributed by atoms with Gasteiger partial charge in [0.25, 0.3) is 5.56 Å². The lowest BCUT2D eigenvalue weighted by Crippen LogP contribution is -2.43. The van der Waals surface area contributed by atoms with Crippen LogP contribution in [0.1, 0.15) is 19.3 Å². The number of nitrogens with one attached hydrogen (secondary N) is 1. The fourth-order valence-electron chi connectivity index (χ4n) is 3.95. The van der Waals surface area contributed by atoms with Gasteiger partial charge in [-0.05, 0) is 61.7 Å². The van der Waals surface area contributed by atoms with E-state index in [9.17, 15) is 9.59 Å². The monoisotopic (exact) mass is 448 g/mol. The second-order valence-corrected chi connectivity index (χ2v) is 8.02. The van der Waals surface area contributed by atoms with Crippen LogP contribution in [0.5, 0.6) is 5.75 Å². The summed E-state index contributed by atoms with van der Waals surface area (Å²) >= 11 is 0. The van der Waals surface area contributed by atoms with Crippen molar-refractivity contribution < 1.29 is 9.53 Å². The Balaban J connectivity index is 1.29. The molecule has 0 bridgehead atoms. The predicted molar refractivity (Wildman–Crippen MR) is 125 cm³/mol. The van der Waals surface area contributed by atoms with Crippen LogP contribution >= 0.6 is 0 Å². The van der Waals surface area contributed by atoms with Gasteiger partial charge in [-0.1, -0.05) is 0 Å². The van der Waals surface area contributed by atoms with Gasteiger partial charge in [-0.3, -0.25) is 9.59 Å². The van der Waals surface area contributed by atoms with Gasteiger partial charge in [-0.2, -0.15) is 5.10 Å². The smallest absolute Gasteiger partial charge is 0.266 e. The van der Waals surface area contributed by atoms with Crippen LogP contribution in [0.3, 0.4) is 0 Å². The molecule has 2 aromatic heterocycles. The molecule has 1 N–H and O–H groups in total. The lowest BCUT2D eigenvalue weighted by atomic mass is 9.97. The molecule has 3 aromatic rings. The molecule has 1 saturated heterocycles. The maximum Gasteiger partial charge on any atom is 0.266 e. The molecule has 33 heavy (non-hydrogen) atoms. The quantitative estimate of drug-likeness (QED) is 0.527. The SMILES string of the molecule is COc1ccc(-c2ccc(N3CCC[C@H](C(=O)NCCCn4ncccc4=O)C3)nn2)cc1. The molecule has 0 radical (unpaired) electrons. The number of aryl methyl sites for hydroxylation is 1. The summed E-state index contributed by atoms with van der Waals surface area (Å²) in [6.45, 7) is 2.45. The maximum atomic E-state index is 12.7. The molecular formula is C24H28N6O3. The van der Waals surface area contributed by atoms with Crippen LogP contribution in [0.4, 0.5) is 5.82 Å². The lowest BCUT2D eigenvalue weighted by molar-refractivity contribution is -0.125. The van der Waals surface area contributed by atoms with E-state index in [2.05, 4.69) is 25.5 Å². The Morgan fingerprint density at radius 3 is 2.73 bits per heavy atom. The van der Waals surface area contributed by atoms with Gasteiger partial charge in [0.1, 0.15) is 5.75 Å². The van der Waals surface area contributed by atoms with Crippen molar-refractivity contribution in [2.24, 2.45) is 5.92 Å². The first-order chi connectivity index (χ1) is 16.1. The van der Waals surface area contributed by atoms with Crippen LogP contribution in [0.15, 0.2) is 59.5 Å². The molecule has 9 nitrogen and oxygen atoms in total.